The van der Waals surface area contributed by atoms with Gasteiger partial charge in [-0.2, -0.15) is 0 Å². The Balaban J connectivity index is 1.71. The van der Waals surface area contributed by atoms with Crippen LogP contribution in [0.2, 0.25) is 0 Å². The van der Waals surface area contributed by atoms with Crippen LogP contribution < -0.4 is 5.32 Å². The molecular weight excluding hydrogens is 348 g/mol. The lowest BCUT2D eigenvalue weighted by atomic mass is 10.1. The molecule has 6 nitrogen and oxygen atoms in total. The summed E-state index contributed by atoms with van der Waals surface area (Å²) in [6.07, 6.45) is 5.53. The zero-order chi connectivity index (χ0) is 18.6. The number of nitrogens with one attached hydrogen (secondary N) is 1. The van der Waals surface area contributed by atoms with Gasteiger partial charge >= 0.3 is 0 Å². The highest BCUT2D eigenvalue weighted by atomic mass is 32.1. The summed E-state index contributed by atoms with van der Waals surface area (Å²) in [5.41, 5.74) is 1.12. The van der Waals surface area contributed by atoms with Crippen molar-refractivity contribution in [2.24, 2.45) is 4.99 Å². The molecule has 1 aromatic rings. The third-order valence-corrected chi connectivity index (χ3v) is 5.43. The van der Waals surface area contributed by atoms with E-state index in [1.165, 1.54) is 5.01 Å². The number of aromatic nitrogens is 1. The Labute approximate surface area is 162 Å². The highest BCUT2D eigenvalue weighted by Crippen LogP contribution is 2.15. The van der Waals surface area contributed by atoms with Crippen molar-refractivity contribution in [3.8, 4) is 0 Å². The van der Waals surface area contributed by atoms with Crippen molar-refractivity contribution in [2.75, 3.05) is 46.5 Å². The minimum atomic E-state index is 0.374. The van der Waals surface area contributed by atoms with Crippen molar-refractivity contribution < 1.29 is 9.47 Å². The van der Waals surface area contributed by atoms with Gasteiger partial charge in [-0.3, -0.25) is 4.99 Å². The first kappa shape index (κ1) is 21.1. The van der Waals surface area contributed by atoms with Crippen molar-refractivity contribution in [3.63, 3.8) is 0 Å². The largest absolute Gasteiger partial charge is 0.385 e. The summed E-state index contributed by atoms with van der Waals surface area (Å²) in [6, 6.07) is 0. The molecule has 0 unspecified atom stereocenters. The number of nitrogens with zero attached hydrogens (tertiary/aromatic N) is 3. The Morgan fingerprint density at radius 2 is 2.15 bits per heavy atom. The summed E-state index contributed by atoms with van der Waals surface area (Å²) in [6.45, 7) is 9.50. The first-order chi connectivity index (χ1) is 12.7. The highest BCUT2D eigenvalue weighted by molar-refractivity contribution is 7.09. The van der Waals surface area contributed by atoms with Crippen LogP contribution in [0.3, 0.4) is 0 Å². The lowest BCUT2D eigenvalue weighted by molar-refractivity contribution is 0.00990. The van der Waals surface area contributed by atoms with Crippen LogP contribution in [0.25, 0.3) is 0 Å². The van der Waals surface area contributed by atoms with Gasteiger partial charge in [0.1, 0.15) is 0 Å². The Kier molecular flexibility index (Phi) is 9.95. The summed E-state index contributed by atoms with van der Waals surface area (Å²) in [5, 5.41) is 6.77. The maximum atomic E-state index is 5.95. The molecule has 26 heavy (non-hydrogen) atoms. The molecule has 2 heterocycles. The minimum Gasteiger partial charge on any atom is -0.385 e. The number of hydrogen-bond donors (Lipinski definition) is 1. The van der Waals surface area contributed by atoms with E-state index in [0.29, 0.717) is 6.10 Å². The summed E-state index contributed by atoms with van der Waals surface area (Å²) in [5.74, 6) is 1.04. The fraction of sp³-hybridized carbons (Fsp3) is 0.789. The third-order valence-electron chi connectivity index (χ3n) is 4.40. The second kappa shape index (κ2) is 12.3. The molecule has 1 aliphatic rings. The molecule has 0 saturated carbocycles. The monoisotopic (exact) mass is 382 g/mol. The molecule has 2 rings (SSSR count). The van der Waals surface area contributed by atoms with Crippen LogP contribution in [0.15, 0.2) is 10.4 Å². The van der Waals surface area contributed by atoms with E-state index in [-0.39, 0.29) is 0 Å². The zero-order valence-corrected chi connectivity index (χ0v) is 17.3. The minimum absolute atomic E-state index is 0.374. The van der Waals surface area contributed by atoms with E-state index >= 15 is 0 Å². The van der Waals surface area contributed by atoms with Gasteiger partial charge in [0, 0.05) is 64.0 Å². The summed E-state index contributed by atoms with van der Waals surface area (Å²) in [7, 11) is 1.73. The highest BCUT2D eigenvalue weighted by Gasteiger charge is 2.21. The number of methoxy groups -OCH3 is 1. The summed E-state index contributed by atoms with van der Waals surface area (Å²) < 4.78 is 11.0. The first-order valence-electron chi connectivity index (χ1n) is 9.77. The molecule has 1 aromatic heterocycles. The molecule has 1 fully saturated rings. The normalized spacial score (nSPS) is 16.3. The fourth-order valence-electron chi connectivity index (χ4n) is 3.05. The number of thiazole rings is 1. The van der Waals surface area contributed by atoms with Gasteiger partial charge in [-0.25, -0.2) is 4.98 Å². The molecule has 0 radical (unpaired) electrons. The molecule has 7 heteroatoms. The SMILES string of the molecule is CCNC(=NCCCc1nc(C)cs1)N1CCC(OCCCOC)CC1. The molecule has 1 saturated heterocycles. The Morgan fingerprint density at radius 1 is 1.35 bits per heavy atom. The smallest absolute Gasteiger partial charge is 0.193 e. The fourth-order valence-corrected chi connectivity index (χ4v) is 3.86. The molecule has 0 bridgehead atoms. The summed E-state index contributed by atoms with van der Waals surface area (Å²) in [4.78, 5) is 11.7. The van der Waals surface area contributed by atoms with Gasteiger partial charge in [0.25, 0.3) is 0 Å². The number of rotatable bonds is 10. The van der Waals surface area contributed by atoms with Crippen LogP contribution in [0.1, 0.15) is 43.3 Å². The van der Waals surface area contributed by atoms with E-state index in [1.54, 1.807) is 18.4 Å². The Morgan fingerprint density at radius 3 is 2.81 bits per heavy atom. The molecule has 0 atom stereocenters. The van der Waals surface area contributed by atoms with Crippen LogP contribution in [-0.4, -0.2) is 68.4 Å². The van der Waals surface area contributed by atoms with Gasteiger partial charge in [-0.05, 0) is 39.5 Å². The second-order valence-electron chi connectivity index (χ2n) is 6.63. The van der Waals surface area contributed by atoms with Gasteiger partial charge in [-0.1, -0.05) is 0 Å². The van der Waals surface area contributed by atoms with Crippen LogP contribution in [0.5, 0.6) is 0 Å². The predicted molar refractivity (Wildman–Crippen MR) is 108 cm³/mol. The number of likely N-dealkylation sites (tertiary alicyclic amines) is 1. The van der Waals surface area contributed by atoms with Crippen LogP contribution >= 0.6 is 11.3 Å². The maximum Gasteiger partial charge on any atom is 0.193 e. The van der Waals surface area contributed by atoms with E-state index < -0.39 is 0 Å². The van der Waals surface area contributed by atoms with E-state index in [2.05, 4.69) is 27.5 Å². The molecule has 0 spiro atoms. The molecular formula is C19H34N4O2S. The van der Waals surface area contributed by atoms with Crippen LogP contribution in [0, 0.1) is 6.92 Å². The number of aryl methyl sites for hydroxylation is 2. The van der Waals surface area contributed by atoms with E-state index in [9.17, 15) is 0 Å². The molecule has 1 N–H and O–H groups in total. The van der Waals surface area contributed by atoms with Gasteiger partial charge in [0.05, 0.1) is 11.1 Å². The number of hydrogen-bond acceptors (Lipinski definition) is 5. The lowest BCUT2D eigenvalue weighted by Crippen LogP contribution is -2.47. The van der Waals surface area contributed by atoms with Crippen molar-refractivity contribution in [3.05, 3.63) is 16.1 Å². The van der Waals surface area contributed by atoms with Gasteiger partial charge in [0.15, 0.2) is 5.96 Å². The van der Waals surface area contributed by atoms with Crippen molar-refractivity contribution in [2.45, 2.75) is 52.1 Å². The Bertz CT molecular complexity index is 527. The van der Waals surface area contributed by atoms with Gasteiger partial charge < -0.3 is 19.7 Å². The topological polar surface area (TPSA) is 59.0 Å². The zero-order valence-electron chi connectivity index (χ0n) is 16.5. The Hall–Kier alpha value is -1.18. The van der Waals surface area contributed by atoms with Gasteiger partial charge in [0.2, 0.25) is 0 Å². The van der Waals surface area contributed by atoms with E-state index in [4.69, 9.17) is 14.5 Å². The number of ether oxygens (including phenoxy) is 2. The molecule has 1 aliphatic heterocycles. The second-order valence-corrected chi connectivity index (χ2v) is 7.57. The predicted octanol–water partition coefficient (Wildman–Crippen LogP) is 2.87. The number of piperidine rings is 1. The van der Waals surface area contributed by atoms with Crippen molar-refractivity contribution in [1.29, 1.82) is 0 Å². The quantitative estimate of drug-likeness (QED) is 0.383. The number of guanidine groups is 1. The molecule has 0 aromatic carbocycles. The average molecular weight is 383 g/mol. The molecule has 148 valence electrons. The first-order valence-corrected chi connectivity index (χ1v) is 10.7. The lowest BCUT2D eigenvalue weighted by Gasteiger charge is -2.34. The van der Waals surface area contributed by atoms with Crippen molar-refractivity contribution >= 4 is 17.3 Å². The van der Waals surface area contributed by atoms with Crippen LogP contribution in [-0.2, 0) is 15.9 Å². The standard InChI is InChI=1S/C19H34N4O2S/c1-4-20-19(21-10-5-7-18-22-16(2)15-26-18)23-11-8-17(9-12-23)25-14-6-13-24-3/h15,17H,4-14H2,1-3H3,(H,20,21). The average Bonchev–Trinajstić information content (AvgIpc) is 3.07. The number of aliphatic imine (C=N–C) groups is 1. The van der Waals surface area contributed by atoms with Gasteiger partial charge in [-0.15, -0.1) is 11.3 Å². The molecule has 0 amide bonds. The van der Waals surface area contributed by atoms with E-state index in [1.807, 2.05) is 6.92 Å². The van der Waals surface area contributed by atoms with Crippen molar-refractivity contribution in [1.82, 2.24) is 15.2 Å². The molecule has 0 aliphatic carbocycles. The van der Waals surface area contributed by atoms with Crippen LogP contribution in [0.4, 0.5) is 0 Å². The van der Waals surface area contributed by atoms with E-state index in [0.717, 1.165) is 83.2 Å². The summed E-state index contributed by atoms with van der Waals surface area (Å²) >= 11 is 1.75. The maximum absolute atomic E-state index is 5.95. The third kappa shape index (κ3) is 7.60.